The van der Waals surface area contributed by atoms with Crippen LogP contribution in [-0.4, -0.2) is 27.1 Å². The molecule has 0 aliphatic heterocycles. The van der Waals surface area contributed by atoms with E-state index < -0.39 is 20.5 Å². The van der Waals surface area contributed by atoms with Crippen molar-refractivity contribution in [3.05, 3.63) is 29.8 Å². The zero-order valence-corrected chi connectivity index (χ0v) is 15.4. The predicted octanol–water partition coefficient (Wildman–Crippen LogP) is 4.13. The van der Waals surface area contributed by atoms with E-state index >= 15 is 0 Å². The Balaban J connectivity index is 3.41. The molecule has 0 aromatic heterocycles. The molecule has 0 spiro atoms. The molecule has 0 aliphatic carbocycles. The third kappa shape index (κ3) is 5.91. The molecule has 132 valence electrons. The van der Waals surface area contributed by atoms with E-state index in [2.05, 4.69) is 0 Å². The molecular formula is C16H25F3O3Si. The van der Waals surface area contributed by atoms with E-state index in [0.717, 1.165) is 12.1 Å². The Morgan fingerprint density at radius 2 is 1.26 bits per heavy atom. The highest BCUT2D eigenvalue weighted by Gasteiger charge is 2.47. The third-order valence-corrected chi connectivity index (χ3v) is 6.08. The Hall–Kier alpha value is -0.893. The van der Waals surface area contributed by atoms with Crippen LogP contribution in [0, 0.1) is 0 Å². The molecule has 1 aromatic rings. The zero-order valence-electron chi connectivity index (χ0n) is 14.4. The fourth-order valence-electron chi connectivity index (χ4n) is 2.10. The Morgan fingerprint density at radius 1 is 0.826 bits per heavy atom. The molecule has 0 saturated heterocycles. The van der Waals surface area contributed by atoms with Gasteiger partial charge < -0.3 is 13.3 Å². The number of halogens is 3. The summed E-state index contributed by atoms with van der Waals surface area (Å²) >= 11 is 0. The van der Waals surface area contributed by atoms with Crippen LogP contribution < -0.4 is 5.19 Å². The lowest BCUT2D eigenvalue weighted by Gasteiger charge is -2.34. The molecule has 0 aliphatic rings. The van der Waals surface area contributed by atoms with Crippen LogP contribution in [0.4, 0.5) is 13.2 Å². The van der Waals surface area contributed by atoms with Crippen molar-refractivity contribution in [1.82, 2.24) is 0 Å². The molecule has 7 heteroatoms. The van der Waals surface area contributed by atoms with Gasteiger partial charge in [-0.1, -0.05) is 18.2 Å². The number of benzene rings is 1. The number of rotatable bonds is 7. The monoisotopic (exact) mass is 350 g/mol. The summed E-state index contributed by atoms with van der Waals surface area (Å²) < 4.78 is 56.9. The zero-order chi connectivity index (χ0) is 17.8. The molecule has 0 saturated carbocycles. The first kappa shape index (κ1) is 20.2. The lowest BCUT2D eigenvalue weighted by molar-refractivity contribution is -0.137. The topological polar surface area (TPSA) is 27.7 Å². The molecule has 0 atom stereocenters. The second kappa shape index (κ2) is 7.79. The smallest absolute Gasteiger partial charge is 0.367 e. The second-order valence-electron chi connectivity index (χ2n) is 6.13. The summed E-state index contributed by atoms with van der Waals surface area (Å²) in [5, 5.41) is 0.323. The van der Waals surface area contributed by atoms with E-state index in [1.807, 2.05) is 41.5 Å². The minimum atomic E-state index is -4.43. The van der Waals surface area contributed by atoms with E-state index in [-0.39, 0.29) is 18.3 Å². The maximum absolute atomic E-state index is 13.0. The van der Waals surface area contributed by atoms with Crippen molar-refractivity contribution in [2.75, 3.05) is 0 Å². The van der Waals surface area contributed by atoms with Crippen molar-refractivity contribution in [3.63, 3.8) is 0 Å². The summed E-state index contributed by atoms with van der Waals surface area (Å²) in [6.07, 6.45) is -5.15. The summed E-state index contributed by atoms with van der Waals surface area (Å²) in [4.78, 5) is 0. The largest absolute Gasteiger partial charge is 0.537 e. The number of alkyl halides is 3. The average Bonchev–Trinajstić information content (AvgIpc) is 2.35. The van der Waals surface area contributed by atoms with Crippen molar-refractivity contribution in [3.8, 4) is 0 Å². The van der Waals surface area contributed by atoms with Gasteiger partial charge in [-0.15, -0.1) is 0 Å². The van der Waals surface area contributed by atoms with Gasteiger partial charge in [0.1, 0.15) is 0 Å². The maximum Gasteiger partial charge on any atom is 0.537 e. The van der Waals surface area contributed by atoms with Crippen LogP contribution in [0.2, 0.25) is 0 Å². The minimum Gasteiger partial charge on any atom is -0.367 e. The predicted molar refractivity (Wildman–Crippen MR) is 85.5 cm³/mol. The maximum atomic E-state index is 13.0. The molecule has 0 unspecified atom stereocenters. The van der Waals surface area contributed by atoms with Crippen LogP contribution in [0.15, 0.2) is 24.3 Å². The minimum absolute atomic E-state index is 0.242. The summed E-state index contributed by atoms with van der Waals surface area (Å²) in [7, 11) is -3.47. The summed E-state index contributed by atoms with van der Waals surface area (Å²) in [5.74, 6) is 0. The average molecular weight is 350 g/mol. The molecule has 1 rings (SSSR count). The Bertz CT molecular complexity index is 475. The van der Waals surface area contributed by atoms with Gasteiger partial charge in [-0.25, -0.2) is 0 Å². The van der Waals surface area contributed by atoms with Crippen molar-refractivity contribution >= 4 is 14.0 Å². The Kier molecular flexibility index (Phi) is 6.82. The van der Waals surface area contributed by atoms with Gasteiger partial charge in [0.25, 0.3) is 0 Å². The first-order valence-electron chi connectivity index (χ1n) is 7.67. The molecule has 0 N–H and O–H groups in total. The lowest BCUT2D eigenvalue weighted by atomic mass is 10.2. The molecule has 23 heavy (non-hydrogen) atoms. The van der Waals surface area contributed by atoms with E-state index in [9.17, 15) is 13.2 Å². The van der Waals surface area contributed by atoms with Crippen LogP contribution in [-0.2, 0) is 19.5 Å². The molecule has 1 aromatic carbocycles. The summed E-state index contributed by atoms with van der Waals surface area (Å²) in [6.45, 7) is 10.8. The lowest BCUT2D eigenvalue weighted by Crippen LogP contribution is -2.60. The van der Waals surface area contributed by atoms with Crippen LogP contribution >= 0.6 is 0 Å². The van der Waals surface area contributed by atoms with Gasteiger partial charge >= 0.3 is 15.0 Å². The van der Waals surface area contributed by atoms with Crippen molar-refractivity contribution in [1.29, 1.82) is 0 Å². The van der Waals surface area contributed by atoms with Crippen LogP contribution in [0.5, 0.6) is 0 Å². The molecule has 0 radical (unpaired) electrons. The molecule has 3 nitrogen and oxygen atoms in total. The summed E-state index contributed by atoms with van der Waals surface area (Å²) in [6, 6.07) is 5.04. The number of hydrogen-bond donors (Lipinski definition) is 0. The van der Waals surface area contributed by atoms with Gasteiger partial charge in [-0.2, -0.15) is 13.2 Å². The van der Waals surface area contributed by atoms with Gasteiger partial charge in [0.15, 0.2) is 0 Å². The van der Waals surface area contributed by atoms with Gasteiger partial charge in [-0.05, 0) is 47.6 Å². The highest BCUT2D eigenvalue weighted by atomic mass is 28.4. The van der Waals surface area contributed by atoms with Gasteiger partial charge in [0.05, 0.1) is 5.56 Å². The van der Waals surface area contributed by atoms with Crippen LogP contribution in [0.3, 0.4) is 0 Å². The van der Waals surface area contributed by atoms with Crippen molar-refractivity contribution in [2.45, 2.75) is 66.0 Å². The highest BCUT2D eigenvalue weighted by molar-refractivity contribution is 6.75. The van der Waals surface area contributed by atoms with E-state index in [1.54, 1.807) is 6.07 Å². The molecule has 0 bridgehead atoms. The van der Waals surface area contributed by atoms with Crippen LogP contribution in [0.25, 0.3) is 0 Å². The fourth-order valence-corrected chi connectivity index (χ4v) is 5.17. The number of hydrogen-bond acceptors (Lipinski definition) is 3. The fraction of sp³-hybridized carbons (Fsp3) is 0.625. The Labute approximate surface area is 137 Å². The highest BCUT2D eigenvalue weighted by Crippen LogP contribution is 2.29. The quantitative estimate of drug-likeness (QED) is 0.692. The SMILES string of the molecule is CC(C)O[Si](OC(C)C)(OC(C)C)c1cccc(C(F)(F)F)c1. The first-order valence-corrected chi connectivity index (χ1v) is 9.40. The van der Waals surface area contributed by atoms with E-state index in [0.29, 0.717) is 5.19 Å². The second-order valence-corrected chi connectivity index (χ2v) is 8.53. The van der Waals surface area contributed by atoms with Gasteiger partial charge in [-0.3, -0.25) is 0 Å². The van der Waals surface area contributed by atoms with Crippen LogP contribution in [0.1, 0.15) is 47.1 Å². The molecule has 0 fully saturated rings. The standard InChI is InChI=1S/C16H25F3O3Si/c1-11(2)20-23(21-12(3)4,22-13(5)6)15-9-7-8-14(10-15)16(17,18)19/h7-13H,1-6H3. The molecule has 0 amide bonds. The summed E-state index contributed by atoms with van der Waals surface area (Å²) in [5.41, 5.74) is -0.737. The Morgan fingerprint density at radius 3 is 1.61 bits per heavy atom. The van der Waals surface area contributed by atoms with Gasteiger partial charge in [0.2, 0.25) is 0 Å². The van der Waals surface area contributed by atoms with E-state index in [4.69, 9.17) is 13.3 Å². The van der Waals surface area contributed by atoms with Crippen molar-refractivity contribution in [2.24, 2.45) is 0 Å². The first-order chi connectivity index (χ1) is 10.5. The normalized spacial score (nSPS) is 13.4. The molecular weight excluding hydrogens is 325 g/mol. The van der Waals surface area contributed by atoms with Gasteiger partial charge in [0, 0.05) is 23.5 Å². The third-order valence-electron chi connectivity index (χ3n) is 2.72. The molecule has 0 heterocycles. The van der Waals surface area contributed by atoms with Crippen molar-refractivity contribution < 1.29 is 26.4 Å². The van der Waals surface area contributed by atoms with E-state index in [1.165, 1.54) is 6.07 Å².